The van der Waals surface area contributed by atoms with Crippen LogP contribution in [-0.4, -0.2) is 35.9 Å². The van der Waals surface area contributed by atoms with E-state index in [9.17, 15) is 4.79 Å². The number of hydrogen-bond donors (Lipinski definition) is 0. The number of aryl methyl sites for hydroxylation is 1. The van der Waals surface area contributed by atoms with Gasteiger partial charge in [-0.25, -0.2) is 4.98 Å². The summed E-state index contributed by atoms with van der Waals surface area (Å²) in [7, 11) is 0. The lowest BCUT2D eigenvalue weighted by Gasteiger charge is -2.38. The van der Waals surface area contributed by atoms with Crippen molar-refractivity contribution < 1.29 is 4.74 Å². The van der Waals surface area contributed by atoms with Crippen LogP contribution in [0.2, 0.25) is 5.02 Å². The second-order valence-electron chi connectivity index (χ2n) is 7.20. The maximum atomic E-state index is 12.8. The number of ether oxygens (including phenoxy) is 1. The molecule has 1 aromatic heterocycles. The zero-order valence-electron chi connectivity index (χ0n) is 14.7. The molecule has 138 valence electrons. The van der Waals surface area contributed by atoms with Crippen LogP contribution in [0.15, 0.2) is 33.5 Å². The molecular weight excluding hydrogens is 418 g/mol. The van der Waals surface area contributed by atoms with Gasteiger partial charge in [0.15, 0.2) is 0 Å². The quantitative estimate of drug-likeness (QED) is 0.712. The maximum Gasteiger partial charge on any atom is 0.260 e. The van der Waals surface area contributed by atoms with Gasteiger partial charge in [-0.3, -0.25) is 9.36 Å². The predicted octanol–water partition coefficient (Wildman–Crippen LogP) is 3.96. The van der Waals surface area contributed by atoms with E-state index in [0.29, 0.717) is 26.4 Å². The first kappa shape index (κ1) is 18.0. The summed E-state index contributed by atoms with van der Waals surface area (Å²) in [5, 5.41) is 0.568. The van der Waals surface area contributed by atoms with E-state index >= 15 is 0 Å². The van der Waals surface area contributed by atoms with Crippen molar-refractivity contribution in [1.29, 1.82) is 0 Å². The lowest BCUT2D eigenvalue weighted by molar-refractivity contribution is 0.133. The molecule has 0 aliphatic carbocycles. The third-order valence-corrected chi connectivity index (χ3v) is 6.95. The van der Waals surface area contributed by atoms with Gasteiger partial charge in [0.25, 0.3) is 5.56 Å². The summed E-state index contributed by atoms with van der Waals surface area (Å²) in [5.41, 5.74) is 0.950. The van der Waals surface area contributed by atoms with Crippen LogP contribution < -0.4 is 10.5 Å². The predicted molar refractivity (Wildman–Crippen MR) is 107 cm³/mol. The van der Waals surface area contributed by atoms with Gasteiger partial charge in [-0.1, -0.05) is 17.7 Å². The molecule has 2 aliphatic heterocycles. The van der Waals surface area contributed by atoms with Crippen molar-refractivity contribution in [1.82, 2.24) is 9.55 Å². The highest BCUT2D eigenvalue weighted by Crippen LogP contribution is 2.39. The van der Waals surface area contributed by atoms with Crippen LogP contribution in [0.25, 0.3) is 5.69 Å². The Labute approximate surface area is 166 Å². The van der Waals surface area contributed by atoms with Crippen LogP contribution in [0.4, 0.5) is 5.82 Å². The van der Waals surface area contributed by atoms with Crippen LogP contribution >= 0.6 is 27.5 Å². The maximum absolute atomic E-state index is 12.8. The molecule has 0 atom stereocenters. The Balaban J connectivity index is 1.62. The Morgan fingerprint density at radius 1 is 1.27 bits per heavy atom. The Kier molecular flexibility index (Phi) is 4.84. The van der Waals surface area contributed by atoms with Crippen LogP contribution in [0.3, 0.4) is 0 Å². The number of rotatable bonds is 2. The van der Waals surface area contributed by atoms with E-state index in [2.05, 4.69) is 20.8 Å². The van der Waals surface area contributed by atoms with E-state index in [1.54, 1.807) is 16.7 Å². The monoisotopic (exact) mass is 437 g/mol. The molecule has 0 bridgehead atoms. The number of halogens is 2. The van der Waals surface area contributed by atoms with Gasteiger partial charge in [0.2, 0.25) is 0 Å². The average molecular weight is 439 g/mol. The molecule has 0 saturated carbocycles. The summed E-state index contributed by atoms with van der Waals surface area (Å²) in [6, 6.07) is 7.10. The number of benzene rings is 1. The molecular formula is C19H21BrClN3O2. The Hall–Kier alpha value is -1.37. The molecule has 2 saturated heterocycles. The van der Waals surface area contributed by atoms with Crippen molar-refractivity contribution in [2.45, 2.75) is 26.2 Å². The van der Waals surface area contributed by atoms with Crippen LogP contribution in [0, 0.1) is 12.3 Å². The summed E-state index contributed by atoms with van der Waals surface area (Å²) >= 11 is 9.65. The van der Waals surface area contributed by atoms with Gasteiger partial charge in [-0.2, -0.15) is 0 Å². The highest BCUT2D eigenvalue weighted by atomic mass is 79.9. The molecule has 1 spiro atoms. The largest absolute Gasteiger partial charge is 0.381 e. The summed E-state index contributed by atoms with van der Waals surface area (Å²) in [4.78, 5) is 19.8. The van der Waals surface area contributed by atoms with E-state index in [-0.39, 0.29) is 5.56 Å². The molecule has 7 heteroatoms. The van der Waals surface area contributed by atoms with E-state index in [1.807, 2.05) is 19.1 Å². The van der Waals surface area contributed by atoms with Crippen molar-refractivity contribution >= 4 is 33.3 Å². The van der Waals surface area contributed by atoms with Crippen molar-refractivity contribution in [2.75, 3.05) is 31.2 Å². The summed E-state index contributed by atoms with van der Waals surface area (Å²) in [5.74, 6) is 1.41. The molecule has 4 rings (SSSR count). The first-order chi connectivity index (χ1) is 12.5. The highest BCUT2D eigenvalue weighted by Gasteiger charge is 2.38. The smallest absolute Gasteiger partial charge is 0.260 e. The summed E-state index contributed by atoms with van der Waals surface area (Å²) in [6.07, 6.45) is 3.34. The topological polar surface area (TPSA) is 47.4 Å². The first-order valence-electron chi connectivity index (χ1n) is 8.87. The minimum atomic E-state index is -0.0973. The lowest BCUT2D eigenvalue weighted by atomic mass is 9.78. The zero-order valence-corrected chi connectivity index (χ0v) is 17.0. The molecule has 0 N–H and O–H groups in total. The Morgan fingerprint density at radius 2 is 2.04 bits per heavy atom. The van der Waals surface area contributed by atoms with E-state index in [0.717, 1.165) is 51.4 Å². The molecule has 2 aliphatic rings. The van der Waals surface area contributed by atoms with E-state index in [1.165, 1.54) is 0 Å². The third kappa shape index (κ3) is 3.19. The van der Waals surface area contributed by atoms with Gasteiger partial charge in [0.1, 0.15) is 11.6 Å². The van der Waals surface area contributed by atoms with Gasteiger partial charge in [-0.15, -0.1) is 0 Å². The van der Waals surface area contributed by atoms with Gasteiger partial charge in [0, 0.05) is 25.8 Å². The molecule has 1 aromatic carbocycles. The molecule has 2 fully saturated rings. The standard InChI is InChI=1S/C19H21BrClN3O2/c1-13-22-16(23-8-5-19(6-9-23)7-10-26-12-19)11-17(25)24(13)15-4-2-3-14(21)18(15)20/h2-4,11H,5-10,12H2,1H3. The molecule has 26 heavy (non-hydrogen) atoms. The summed E-state index contributed by atoms with van der Waals surface area (Å²) < 4.78 is 7.89. The molecule has 0 radical (unpaired) electrons. The van der Waals surface area contributed by atoms with Gasteiger partial charge in [0.05, 0.1) is 21.8 Å². The second-order valence-corrected chi connectivity index (χ2v) is 8.40. The Morgan fingerprint density at radius 3 is 2.69 bits per heavy atom. The van der Waals surface area contributed by atoms with Crippen LogP contribution in [-0.2, 0) is 4.74 Å². The van der Waals surface area contributed by atoms with Crippen molar-refractivity contribution in [3.8, 4) is 5.69 Å². The zero-order chi connectivity index (χ0) is 18.3. The molecule has 0 amide bonds. The number of piperidine rings is 1. The molecule has 2 aromatic rings. The number of hydrogen-bond acceptors (Lipinski definition) is 4. The van der Waals surface area contributed by atoms with Crippen LogP contribution in [0.5, 0.6) is 0 Å². The fraction of sp³-hybridized carbons (Fsp3) is 0.474. The SMILES string of the molecule is Cc1nc(N2CCC3(CCOC3)CC2)cc(=O)n1-c1cccc(Cl)c1Br. The second kappa shape index (κ2) is 6.98. The third-order valence-electron chi connectivity index (χ3n) is 5.58. The minimum Gasteiger partial charge on any atom is -0.381 e. The summed E-state index contributed by atoms with van der Waals surface area (Å²) in [6.45, 7) is 5.44. The molecule has 5 nitrogen and oxygen atoms in total. The van der Waals surface area contributed by atoms with Crippen molar-refractivity contribution in [3.05, 3.63) is 49.9 Å². The van der Waals surface area contributed by atoms with Crippen molar-refractivity contribution in [3.63, 3.8) is 0 Å². The highest BCUT2D eigenvalue weighted by molar-refractivity contribution is 9.10. The number of nitrogens with zero attached hydrogens (tertiary/aromatic N) is 3. The normalized spacial score (nSPS) is 19.3. The number of anilines is 1. The van der Waals surface area contributed by atoms with Gasteiger partial charge >= 0.3 is 0 Å². The average Bonchev–Trinajstić information content (AvgIpc) is 3.06. The Bertz CT molecular complexity index is 883. The minimum absolute atomic E-state index is 0.0973. The fourth-order valence-electron chi connectivity index (χ4n) is 3.96. The molecule has 0 unspecified atom stereocenters. The lowest BCUT2D eigenvalue weighted by Crippen LogP contribution is -2.41. The number of aromatic nitrogens is 2. The first-order valence-corrected chi connectivity index (χ1v) is 10.0. The molecule has 3 heterocycles. The van der Waals surface area contributed by atoms with Gasteiger partial charge in [-0.05, 0) is 59.7 Å². The van der Waals surface area contributed by atoms with Gasteiger partial charge < -0.3 is 9.64 Å². The van der Waals surface area contributed by atoms with Crippen molar-refractivity contribution in [2.24, 2.45) is 5.41 Å². The van der Waals surface area contributed by atoms with E-state index in [4.69, 9.17) is 21.3 Å². The van der Waals surface area contributed by atoms with E-state index < -0.39 is 0 Å². The fourth-order valence-corrected chi connectivity index (χ4v) is 4.57. The van der Waals surface area contributed by atoms with Crippen LogP contribution in [0.1, 0.15) is 25.1 Å².